The molecule has 1 fully saturated rings. The van der Waals surface area contributed by atoms with Crippen molar-refractivity contribution < 1.29 is 32.4 Å². The van der Waals surface area contributed by atoms with Gasteiger partial charge in [-0.1, -0.05) is 11.3 Å². The predicted molar refractivity (Wildman–Crippen MR) is 96.0 cm³/mol. The van der Waals surface area contributed by atoms with Gasteiger partial charge in [-0.15, -0.1) is 0 Å². The number of anilines is 1. The summed E-state index contributed by atoms with van der Waals surface area (Å²) in [5, 5.41) is 10.5. The number of ether oxygens (including phenoxy) is 1. The Labute approximate surface area is 166 Å². The normalized spacial score (nSPS) is 13.8. The second-order valence-corrected chi connectivity index (χ2v) is 7.08. The van der Waals surface area contributed by atoms with Gasteiger partial charge in [0.25, 0.3) is 11.6 Å². The van der Waals surface area contributed by atoms with E-state index < -0.39 is 33.5 Å². The molecule has 12 heteroatoms. The lowest BCUT2D eigenvalue weighted by Crippen LogP contribution is -2.33. The Morgan fingerprint density at radius 3 is 2.41 bits per heavy atom. The van der Waals surface area contributed by atoms with Gasteiger partial charge in [0.05, 0.1) is 11.5 Å². The van der Waals surface area contributed by atoms with Gasteiger partial charge in [0.2, 0.25) is 0 Å². The van der Waals surface area contributed by atoms with Gasteiger partial charge in [-0.3, -0.25) is 19.8 Å². The van der Waals surface area contributed by atoms with Crippen molar-refractivity contribution in [3.05, 3.63) is 50.5 Å². The lowest BCUT2D eigenvalue weighted by molar-refractivity contribution is -0.384. The maximum atomic E-state index is 13.4. The van der Waals surface area contributed by atoms with Crippen LogP contribution in [-0.2, 0) is 10.9 Å². The Morgan fingerprint density at radius 1 is 1.31 bits per heavy atom. The minimum Gasteiger partial charge on any atom is -0.462 e. The van der Waals surface area contributed by atoms with E-state index in [1.165, 1.54) is 19.1 Å². The summed E-state index contributed by atoms with van der Waals surface area (Å²) in [6.07, 6.45) is -3.77. The zero-order chi connectivity index (χ0) is 21.3. The summed E-state index contributed by atoms with van der Waals surface area (Å²) in [6.45, 7) is 1.35. The van der Waals surface area contributed by atoms with Crippen molar-refractivity contribution in [1.82, 2.24) is 4.98 Å². The van der Waals surface area contributed by atoms with E-state index in [9.17, 15) is 32.9 Å². The number of thiazole rings is 1. The Bertz CT molecular complexity index is 954. The van der Waals surface area contributed by atoms with Gasteiger partial charge in [-0.2, -0.15) is 13.2 Å². The molecule has 1 amide bonds. The molecule has 0 spiro atoms. The molecule has 1 aliphatic carbocycles. The number of nitro benzene ring substituents is 1. The van der Waals surface area contributed by atoms with E-state index in [-0.39, 0.29) is 29.0 Å². The highest BCUT2D eigenvalue weighted by Gasteiger charge is 2.43. The molecule has 0 aliphatic heterocycles. The van der Waals surface area contributed by atoms with Crippen molar-refractivity contribution in [1.29, 1.82) is 0 Å². The quantitative estimate of drug-likeness (QED) is 0.390. The molecule has 0 radical (unpaired) electrons. The van der Waals surface area contributed by atoms with Crippen LogP contribution in [0.3, 0.4) is 0 Å². The molecule has 1 heterocycles. The minimum atomic E-state index is -4.90. The summed E-state index contributed by atoms with van der Waals surface area (Å²) in [5.41, 5.74) is -1.57. The van der Waals surface area contributed by atoms with Crippen molar-refractivity contribution in [3.8, 4) is 0 Å². The number of hydrogen-bond acceptors (Lipinski definition) is 7. The smallest absolute Gasteiger partial charge is 0.435 e. The van der Waals surface area contributed by atoms with Gasteiger partial charge in [0, 0.05) is 23.7 Å². The summed E-state index contributed by atoms with van der Waals surface area (Å²) in [7, 11) is 0. The van der Waals surface area contributed by atoms with Crippen LogP contribution >= 0.6 is 11.3 Å². The van der Waals surface area contributed by atoms with Gasteiger partial charge in [-0.25, -0.2) is 9.78 Å². The zero-order valence-electron chi connectivity index (χ0n) is 14.9. The maximum absolute atomic E-state index is 13.4. The first-order valence-electron chi connectivity index (χ1n) is 8.46. The van der Waals surface area contributed by atoms with Gasteiger partial charge in [0.15, 0.2) is 10.8 Å². The summed E-state index contributed by atoms with van der Waals surface area (Å²) >= 11 is 0.433. The Balaban J connectivity index is 2.00. The Kier molecular flexibility index (Phi) is 5.55. The molecule has 8 nitrogen and oxygen atoms in total. The first-order chi connectivity index (χ1) is 13.6. The van der Waals surface area contributed by atoms with Crippen molar-refractivity contribution in [3.63, 3.8) is 0 Å². The number of alkyl halides is 3. The van der Waals surface area contributed by atoms with Crippen LogP contribution in [0.5, 0.6) is 0 Å². The van der Waals surface area contributed by atoms with Crippen LogP contribution in [0.1, 0.15) is 45.5 Å². The topological polar surface area (TPSA) is 103 Å². The molecular formula is C17H14F3N3O5S. The van der Waals surface area contributed by atoms with E-state index in [0.717, 1.165) is 17.0 Å². The highest BCUT2D eigenvalue weighted by atomic mass is 32.1. The molecule has 2 aromatic rings. The fourth-order valence-electron chi connectivity index (χ4n) is 2.55. The van der Waals surface area contributed by atoms with E-state index in [1.54, 1.807) is 0 Å². The molecule has 0 N–H and O–H groups in total. The van der Waals surface area contributed by atoms with Crippen molar-refractivity contribution >= 4 is 34.0 Å². The standard InChI is InChI=1S/C17H14F3N3O5S/c1-2-28-15(25)12-13(17(18,19)20)21-16(29-12)22(10-7-8-10)14(24)9-3-5-11(6-4-9)23(26)27/h3-6,10H,2,7-8H2,1H3. The van der Waals surface area contributed by atoms with E-state index in [2.05, 4.69) is 9.72 Å². The third-order valence-electron chi connectivity index (χ3n) is 4.01. The number of esters is 1. The highest BCUT2D eigenvalue weighted by Crippen LogP contribution is 2.41. The largest absolute Gasteiger partial charge is 0.462 e. The summed E-state index contributed by atoms with van der Waals surface area (Å²) in [4.78, 5) is 38.9. The molecule has 3 rings (SSSR count). The number of benzene rings is 1. The number of hydrogen-bond donors (Lipinski definition) is 0. The van der Waals surface area contributed by atoms with Gasteiger partial charge >= 0.3 is 12.1 Å². The molecule has 1 saturated carbocycles. The summed E-state index contributed by atoms with van der Waals surface area (Å²) in [5.74, 6) is -1.82. The minimum absolute atomic E-state index is 0.0592. The maximum Gasteiger partial charge on any atom is 0.435 e. The van der Waals surface area contributed by atoms with Crippen LogP contribution in [-0.4, -0.2) is 34.4 Å². The van der Waals surface area contributed by atoms with E-state index in [4.69, 9.17) is 0 Å². The van der Waals surface area contributed by atoms with Crippen LogP contribution in [0, 0.1) is 10.1 Å². The second kappa shape index (κ2) is 7.78. The fourth-order valence-corrected chi connectivity index (χ4v) is 3.60. The molecule has 29 heavy (non-hydrogen) atoms. The predicted octanol–water partition coefficient (Wildman–Crippen LogP) is 4.06. The zero-order valence-corrected chi connectivity index (χ0v) is 15.7. The molecule has 1 aliphatic rings. The molecule has 0 saturated heterocycles. The number of halogens is 3. The molecule has 0 bridgehead atoms. The number of aromatic nitrogens is 1. The average molecular weight is 429 g/mol. The number of carbonyl (C=O) groups excluding carboxylic acids is 2. The van der Waals surface area contributed by atoms with Gasteiger partial charge in [0.1, 0.15) is 4.88 Å². The molecule has 0 unspecified atom stereocenters. The number of amides is 1. The fraction of sp³-hybridized carbons (Fsp3) is 0.353. The first kappa shape index (κ1) is 20.7. The first-order valence-corrected chi connectivity index (χ1v) is 9.28. The van der Waals surface area contributed by atoms with E-state index in [1.807, 2.05) is 0 Å². The van der Waals surface area contributed by atoms with E-state index in [0.29, 0.717) is 24.2 Å². The Hall–Kier alpha value is -3.02. The lowest BCUT2D eigenvalue weighted by Gasteiger charge is -2.19. The van der Waals surface area contributed by atoms with Gasteiger partial charge in [-0.05, 0) is 31.9 Å². The number of carbonyl (C=O) groups is 2. The lowest BCUT2D eigenvalue weighted by atomic mass is 10.2. The molecule has 1 aromatic carbocycles. The van der Waals surface area contributed by atoms with E-state index >= 15 is 0 Å². The molecule has 0 atom stereocenters. The van der Waals surface area contributed by atoms with Crippen molar-refractivity contribution in [2.75, 3.05) is 11.5 Å². The molecule has 154 valence electrons. The number of nitrogens with zero attached hydrogens (tertiary/aromatic N) is 3. The van der Waals surface area contributed by atoms with Gasteiger partial charge < -0.3 is 4.74 Å². The highest BCUT2D eigenvalue weighted by molar-refractivity contribution is 7.17. The van der Waals surface area contributed by atoms with Crippen LogP contribution in [0.4, 0.5) is 24.0 Å². The SMILES string of the molecule is CCOC(=O)c1sc(N(C(=O)c2ccc([N+](=O)[O-])cc2)C2CC2)nc1C(F)(F)F. The third-order valence-corrected chi connectivity index (χ3v) is 5.04. The number of non-ortho nitro benzene ring substituents is 1. The third kappa shape index (κ3) is 4.36. The second-order valence-electron chi connectivity index (χ2n) is 6.10. The average Bonchev–Trinajstić information content (AvgIpc) is 3.38. The van der Waals surface area contributed by atoms with Crippen molar-refractivity contribution in [2.45, 2.75) is 32.0 Å². The Morgan fingerprint density at radius 2 is 1.93 bits per heavy atom. The summed E-state index contributed by atoms with van der Waals surface area (Å²) < 4.78 is 44.7. The number of nitro groups is 1. The number of rotatable bonds is 6. The monoisotopic (exact) mass is 429 g/mol. The van der Waals surface area contributed by atoms with Crippen LogP contribution in [0.15, 0.2) is 24.3 Å². The van der Waals surface area contributed by atoms with Crippen LogP contribution < -0.4 is 4.90 Å². The van der Waals surface area contributed by atoms with Crippen LogP contribution in [0.25, 0.3) is 0 Å². The molecular weight excluding hydrogens is 415 g/mol. The summed E-state index contributed by atoms with van der Waals surface area (Å²) in [6, 6.07) is 4.34. The molecule has 1 aromatic heterocycles. The van der Waals surface area contributed by atoms with Crippen LogP contribution in [0.2, 0.25) is 0 Å². The van der Waals surface area contributed by atoms with Crippen molar-refractivity contribution in [2.24, 2.45) is 0 Å².